The third-order valence-electron chi connectivity index (χ3n) is 5.59. The smallest absolute Gasteiger partial charge is 0.309 e. The third kappa shape index (κ3) is 6.81. The predicted octanol–water partition coefficient (Wildman–Crippen LogP) is 3.75. The molecule has 0 radical (unpaired) electrons. The largest absolute Gasteiger partial charge is 0.490 e. The van der Waals surface area contributed by atoms with E-state index in [0.717, 1.165) is 30.9 Å². The van der Waals surface area contributed by atoms with Crippen molar-refractivity contribution in [2.24, 2.45) is 5.41 Å². The molecule has 0 aliphatic carbocycles. The monoisotopic (exact) mass is 456 g/mol. The highest BCUT2D eigenvalue weighted by Crippen LogP contribution is 2.30. The van der Waals surface area contributed by atoms with Crippen molar-refractivity contribution in [2.45, 2.75) is 52.6 Å². The molecule has 1 aromatic carbocycles. The molecule has 1 fully saturated rings. The van der Waals surface area contributed by atoms with E-state index in [1.54, 1.807) is 20.0 Å². The van der Waals surface area contributed by atoms with Crippen LogP contribution in [0.5, 0.6) is 11.5 Å². The average molecular weight is 457 g/mol. The molecular formula is C24H32N4O5. The summed E-state index contributed by atoms with van der Waals surface area (Å²) >= 11 is 0. The van der Waals surface area contributed by atoms with Crippen LogP contribution in [0.1, 0.15) is 46.5 Å². The fourth-order valence-electron chi connectivity index (χ4n) is 3.55. The van der Waals surface area contributed by atoms with Crippen LogP contribution in [0, 0.1) is 5.41 Å². The lowest BCUT2D eigenvalue weighted by Gasteiger charge is -2.33. The van der Waals surface area contributed by atoms with Crippen LogP contribution in [0.4, 0.5) is 11.6 Å². The molecule has 1 aromatic heterocycles. The maximum Gasteiger partial charge on any atom is 0.309 e. The molecule has 1 saturated heterocycles. The summed E-state index contributed by atoms with van der Waals surface area (Å²) in [5.41, 5.74) is -0.964. The number of ether oxygens (including phenoxy) is 2. The van der Waals surface area contributed by atoms with Gasteiger partial charge in [0.15, 0.2) is 17.3 Å². The summed E-state index contributed by atoms with van der Waals surface area (Å²) < 4.78 is 11.9. The van der Waals surface area contributed by atoms with E-state index in [9.17, 15) is 14.7 Å². The Bertz CT molecular complexity index is 965. The van der Waals surface area contributed by atoms with Crippen LogP contribution in [0.2, 0.25) is 0 Å². The van der Waals surface area contributed by atoms with Crippen LogP contribution in [-0.2, 0) is 9.59 Å². The lowest BCUT2D eigenvalue weighted by Crippen LogP contribution is -2.41. The van der Waals surface area contributed by atoms with Crippen LogP contribution in [0.15, 0.2) is 36.7 Å². The van der Waals surface area contributed by atoms with Gasteiger partial charge in [-0.05, 0) is 52.2 Å². The van der Waals surface area contributed by atoms with Crippen molar-refractivity contribution in [3.05, 3.63) is 36.7 Å². The van der Waals surface area contributed by atoms with Crippen molar-refractivity contribution >= 4 is 23.5 Å². The third-order valence-corrected chi connectivity index (χ3v) is 5.59. The Morgan fingerprint density at radius 2 is 2.00 bits per heavy atom. The molecule has 9 heteroatoms. The maximum absolute atomic E-state index is 12.3. The van der Waals surface area contributed by atoms with Gasteiger partial charge in [-0.15, -0.1) is 0 Å². The molecule has 0 saturated carbocycles. The number of rotatable bonds is 10. The second-order valence-electron chi connectivity index (χ2n) is 8.71. The van der Waals surface area contributed by atoms with Crippen molar-refractivity contribution in [3.8, 4) is 11.5 Å². The Balaban J connectivity index is 1.60. The Hall–Kier alpha value is -3.36. The number of piperidine rings is 1. The van der Waals surface area contributed by atoms with Gasteiger partial charge in [0.25, 0.3) is 0 Å². The predicted molar refractivity (Wildman–Crippen MR) is 125 cm³/mol. The van der Waals surface area contributed by atoms with Gasteiger partial charge in [-0.1, -0.05) is 12.1 Å². The van der Waals surface area contributed by atoms with Gasteiger partial charge in [-0.3, -0.25) is 14.6 Å². The fourth-order valence-corrected chi connectivity index (χ4v) is 3.55. The summed E-state index contributed by atoms with van der Waals surface area (Å²) in [6.45, 7) is 7.16. The lowest BCUT2D eigenvalue weighted by molar-refractivity contribution is -0.147. The zero-order chi connectivity index (χ0) is 23.8. The van der Waals surface area contributed by atoms with Crippen molar-refractivity contribution < 1.29 is 24.2 Å². The highest BCUT2D eigenvalue weighted by molar-refractivity contribution is 5.90. The molecule has 2 N–H and O–H groups in total. The standard InChI is InChI=1S/C24H32N4O5/c1-4-32-18-9-5-6-10-19(18)33-17-8-7-13-28(16-17)21-15-25-14-20(26-21)27-22(29)11-12-24(2,3)23(30)31/h5-6,9-10,14-15,17H,4,7-8,11-13,16H2,1-3H3,(H,30,31)(H,26,27,29). The number of carboxylic acids is 1. The molecule has 0 spiro atoms. The minimum atomic E-state index is -0.964. The van der Waals surface area contributed by atoms with Gasteiger partial charge in [0.2, 0.25) is 5.91 Å². The van der Waals surface area contributed by atoms with E-state index in [0.29, 0.717) is 24.8 Å². The summed E-state index contributed by atoms with van der Waals surface area (Å²) in [4.78, 5) is 34.4. The van der Waals surface area contributed by atoms with E-state index in [4.69, 9.17) is 9.47 Å². The van der Waals surface area contributed by atoms with Crippen LogP contribution in [0.3, 0.4) is 0 Å². The number of benzene rings is 1. The van der Waals surface area contributed by atoms with Crippen LogP contribution in [0.25, 0.3) is 0 Å². The first-order chi connectivity index (χ1) is 15.8. The number of hydrogen-bond acceptors (Lipinski definition) is 7. The molecule has 33 heavy (non-hydrogen) atoms. The van der Waals surface area contributed by atoms with Crippen LogP contribution in [-0.4, -0.2) is 52.8 Å². The summed E-state index contributed by atoms with van der Waals surface area (Å²) in [5, 5.41) is 11.9. The van der Waals surface area contributed by atoms with Crippen molar-refractivity contribution in [3.63, 3.8) is 0 Å². The van der Waals surface area contributed by atoms with Gasteiger partial charge >= 0.3 is 5.97 Å². The first-order valence-electron chi connectivity index (χ1n) is 11.3. The molecule has 2 aromatic rings. The number of carboxylic acid groups (broad SMARTS) is 1. The van der Waals surface area contributed by atoms with E-state index in [-0.39, 0.29) is 24.9 Å². The van der Waals surface area contributed by atoms with Crippen molar-refractivity contribution in [2.75, 3.05) is 29.9 Å². The molecule has 1 amide bonds. The number of carbonyl (C=O) groups is 2. The Kier molecular flexibility index (Phi) is 8.08. The summed E-state index contributed by atoms with van der Waals surface area (Å²) in [6.07, 6.45) is 5.29. The average Bonchev–Trinajstić information content (AvgIpc) is 2.79. The van der Waals surface area contributed by atoms with Gasteiger partial charge in [0.05, 0.1) is 31.0 Å². The van der Waals surface area contributed by atoms with E-state index in [1.807, 2.05) is 31.2 Å². The van der Waals surface area contributed by atoms with E-state index in [1.165, 1.54) is 6.20 Å². The highest BCUT2D eigenvalue weighted by atomic mass is 16.5. The normalized spacial score (nSPS) is 16.2. The topological polar surface area (TPSA) is 114 Å². The summed E-state index contributed by atoms with van der Waals surface area (Å²) in [7, 11) is 0. The number of amides is 1. The molecule has 178 valence electrons. The maximum atomic E-state index is 12.3. The summed E-state index contributed by atoms with van der Waals surface area (Å²) in [5.74, 6) is 1.24. The number of aromatic nitrogens is 2. The SMILES string of the molecule is CCOc1ccccc1OC1CCCN(c2cncc(NC(=O)CCC(C)(C)C(=O)O)n2)C1. The molecule has 1 aliphatic heterocycles. The van der Waals surface area contributed by atoms with E-state index < -0.39 is 11.4 Å². The lowest BCUT2D eigenvalue weighted by atomic mass is 9.88. The number of nitrogens with one attached hydrogen (secondary N) is 1. The first kappa shape index (κ1) is 24.3. The van der Waals surface area contributed by atoms with Crippen molar-refractivity contribution in [1.29, 1.82) is 0 Å². The fraction of sp³-hybridized carbons (Fsp3) is 0.500. The van der Waals surface area contributed by atoms with Gasteiger partial charge < -0.3 is 24.8 Å². The van der Waals surface area contributed by atoms with Gasteiger partial charge in [-0.2, -0.15) is 0 Å². The molecular weight excluding hydrogens is 424 g/mol. The quantitative estimate of drug-likeness (QED) is 0.556. The van der Waals surface area contributed by atoms with Crippen molar-refractivity contribution in [1.82, 2.24) is 9.97 Å². The minimum Gasteiger partial charge on any atom is -0.490 e. The number of aliphatic carboxylic acids is 1. The van der Waals surface area contributed by atoms with Crippen LogP contribution < -0.4 is 19.7 Å². The zero-order valence-corrected chi connectivity index (χ0v) is 19.4. The second kappa shape index (κ2) is 11.0. The Morgan fingerprint density at radius 1 is 1.24 bits per heavy atom. The second-order valence-corrected chi connectivity index (χ2v) is 8.71. The molecule has 1 unspecified atom stereocenters. The Morgan fingerprint density at radius 3 is 2.73 bits per heavy atom. The van der Waals surface area contributed by atoms with Gasteiger partial charge in [0, 0.05) is 13.0 Å². The zero-order valence-electron chi connectivity index (χ0n) is 19.4. The van der Waals surface area contributed by atoms with E-state index in [2.05, 4.69) is 20.2 Å². The van der Waals surface area contributed by atoms with Crippen LogP contribution >= 0.6 is 0 Å². The summed E-state index contributed by atoms with van der Waals surface area (Å²) in [6, 6.07) is 7.65. The number of hydrogen-bond donors (Lipinski definition) is 2. The number of para-hydroxylation sites is 2. The molecule has 9 nitrogen and oxygen atoms in total. The molecule has 2 heterocycles. The molecule has 1 atom stereocenters. The first-order valence-corrected chi connectivity index (χ1v) is 11.3. The highest BCUT2D eigenvalue weighted by Gasteiger charge is 2.28. The van der Waals surface area contributed by atoms with E-state index >= 15 is 0 Å². The van der Waals surface area contributed by atoms with Gasteiger partial charge in [0.1, 0.15) is 11.9 Å². The van der Waals surface area contributed by atoms with Gasteiger partial charge in [-0.25, -0.2) is 4.98 Å². The molecule has 1 aliphatic rings. The molecule has 3 rings (SSSR count). The number of anilines is 2. The molecule has 0 bridgehead atoms. The minimum absolute atomic E-state index is 0.0290. The number of carbonyl (C=O) groups excluding carboxylic acids is 1. The Labute approximate surface area is 194 Å². The number of nitrogens with zero attached hydrogens (tertiary/aromatic N) is 3.